The van der Waals surface area contributed by atoms with Crippen LogP contribution in [0.25, 0.3) is 22.6 Å². The normalized spacial score (nSPS) is 14.5. The molecule has 0 aliphatic carbocycles. The van der Waals surface area contributed by atoms with Crippen molar-refractivity contribution in [3.05, 3.63) is 76.5 Å². The van der Waals surface area contributed by atoms with Crippen molar-refractivity contribution in [1.82, 2.24) is 15.2 Å². The van der Waals surface area contributed by atoms with Crippen molar-refractivity contribution >= 4 is 29.0 Å². The number of carbonyl (C=O) groups excluding carboxylic acids is 1. The number of hydrogen-bond acceptors (Lipinski definition) is 9. The summed E-state index contributed by atoms with van der Waals surface area (Å²) in [5.41, 5.74) is 2.29. The third kappa shape index (κ3) is 3.75. The summed E-state index contributed by atoms with van der Waals surface area (Å²) in [6.07, 6.45) is 0.870. The molecule has 0 bridgehead atoms. The van der Waals surface area contributed by atoms with Crippen LogP contribution in [0.2, 0.25) is 0 Å². The van der Waals surface area contributed by atoms with Gasteiger partial charge in [0.25, 0.3) is 5.69 Å². The minimum Gasteiger partial charge on any atom is -0.455 e. The van der Waals surface area contributed by atoms with Crippen molar-refractivity contribution < 1.29 is 18.9 Å². The summed E-state index contributed by atoms with van der Waals surface area (Å²) in [5, 5.41) is 19.8. The molecule has 0 saturated carbocycles. The number of nitrogens with zero attached hydrogens (tertiary/aromatic N) is 5. The molecule has 0 radical (unpaired) electrons. The average Bonchev–Trinajstić information content (AvgIpc) is 3.28. The Morgan fingerprint density at radius 3 is 2.56 bits per heavy atom. The maximum atomic E-state index is 12.8. The molecule has 1 aliphatic heterocycles. The summed E-state index contributed by atoms with van der Waals surface area (Å²) in [5.74, 6) is 0.793. The van der Waals surface area contributed by atoms with Gasteiger partial charge in [-0.05, 0) is 36.6 Å². The Morgan fingerprint density at radius 2 is 1.85 bits per heavy atom. The van der Waals surface area contributed by atoms with Crippen molar-refractivity contribution in [2.75, 3.05) is 11.2 Å². The van der Waals surface area contributed by atoms with E-state index in [9.17, 15) is 14.9 Å². The molecular formula is C23H17N5O5S. The minimum absolute atomic E-state index is 0.0182. The smallest absolute Gasteiger partial charge is 0.269 e. The number of thioether (sulfide) groups is 1. The van der Waals surface area contributed by atoms with E-state index in [1.165, 1.54) is 35.7 Å². The van der Waals surface area contributed by atoms with Crippen LogP contribution >= 0.6 is 11.8 Å². The molecule has 1 amide bonds. The Hall–Kier alpha value is -4.25. The number of non-ortho nitro benzene ring substituents is 1. The monoisotopic (exact) mass is 475 g/mol. The lowest BCUT2D eigenvalue weighted by molar-refractivity contribution is -0.384. The van der Waals surface area contributed by atoms with Gasteiger partial charge in [0.15, 0.2) is 11.5 Å². The molecular weight excluding hydrogens is 458 g/mol. The van der Waals surface area contributed by atoms with E-state index in [-0.39, 0.29) is 17.5 Å². The summed E-state index contributed by atoms with van der Waals surface area (Å²) in [4.78, 5) is 29.3. The molecule has 11 heteroatoms. The molecule has 0 fully saturated rings. The van der Waals surface area contributed by atoms with Gasteiger partial charge >= 0.3 is 0 Å². The lowest BCUT2D eigenvalue weighted by Crippen LogP contribution is -2.35. The van der Waals surface area contributed by atoms with Gasteiger partial charge in [0.2, 0.25) is 23.2 Å². The number of nitro benzene ring substituents is 1. The van der Waals surface area contributed by atoms with Gasteiger partial charge in [-0.2, -0.15) is 4.98 Å². The number of para-hydroxylation sites is 1. The standard InChI is InChI=1S/C23H17N5O5S/c1-13(29)27-17-6-4-3-5-16(17)20-21(24-23(34-2)26-25-20)33-22(27)19-12-11-18(32-19)14-7-9-15(10-8-14)28(30)31/h3-12,22H,1-2H3/t22-/m1/s1. The molecule has 10 nitrogen and oxygen atoms in total. The van der Waals surface area contributed by atoms with Crippen molar-refractivity contribution in [2.45, 2.75) is 18.3 Å². The van der Waals surface area contributed by atoms with Crippen LogP contribution in [0.15, 0.2) is 70.2 Å². The Kier molecular flexibility index (Phi) is 5.46. The largest absolute Gasteiger partial charge is 0.455 e. The molecule has 0 saturated heterocycles. The lowest BCUT2D eigenvalue weighted by atomic mass is 10.1. The summed E-state index contributed by atoms with van der Waals surface area (Å²) >= 11 is 1.32. The lowest BCUT2D eigenvalue weighted by Gasteiger charge is -2.28. The average molecular weight is 475 g/mol. The molecule has 4 aromatic rings. The highest BCUT2D eigenvalue weighted by Crippen LogP contribution is 2.44. The molecule has 1 aliphatic rings. The molecule has 1 atom stereocenters. The van der Waals surface area contributed by atoms with Gasteiger partial charge in [-0.3, -0.25) is 19.8 Å². The molecule has 34 heavy (non-hydrogen) atoms. The Balaban J connectivity index is 1.62. The molecule has 2 aromatic carbocycles. The second kappa shape index (κ2) is 8.60. The number of rotatable bonds is 4. The highest BCUT2D eigenvalue weighted by atomic mass is 32.2. The summed E-state index contributed by atoms with van der Waals surface area (Å²) < 4.78 is 12.3. The predicted molar refractivity (Wildman–Crippen MR) is 124 cm³/mol. The van der Waals surface area contributed by atoms with Crippen LogP contribution in [0.1, 0.15) is 18.9 Å². The van der Waals surface area contributed by atoms with E-state index in [0.717, 1.165) is 0 Å². The number of anilines is 1. The number of aromatic nitrogens is 3. The van der Waals surface area contributed by atoms with Crippen molar-refractivity contribution in [3.8, 4) is 28.5 Å². The zero-order valence-electron chi connectivity index (χ0n) is 18.0. The number of hydrogen-bond donors (Lipinski definition) is 0. The van der Waals surface area contributed by atoms with E-state index in [4.69, 9.17) is 9.15 Å². The second-order valence-electron chi connectivity index (χ2n) is 7.33. The first-order chi connectivity index (χ1) is 16.5. The zero-order chi connectivity index (χ0) is 23.8. The van der Waals surface area contributed by atoms with Gasteiger partial charge in [0.05, 0.1) is 10.6 Å². The number of amides is 1. The van der Waals surface area contributed by atoms with Gasteiger partial charge in [0.1, 0.15) is 5.76 Å². The van der Waals surface area contributed by atoms with Crippen LogP contribution in [0, 0.1) is 10.1 Å². The fourth-order valence-corrected chi connectivity index (χ4v) is 4.01. The Bertz CT molecular complexity index is 1410. The van der Waals surface area contributed by atoms with Gasteiger partial charge in [-0.15, -0.1) is 10.2 Å². The third-order valence-corrected chi connectivity index (χ3v) is 5.80. The zero-order valence-corrected chi connectivity index (χ0v) is 18.9. The summed E-state index contributed by atoms with van der Waals surface area (Å²) in [7, 11) is 0. The maximum absolute atomic E-state index is 12.8. The maximum Gasteiger partial charge on any atom is 0.269 e. The van der Waals surface area contributed by atoms with Crippen molar-refractivity contribution in [3.63, 3.8) is 0 Å². The van der Waals surface area contributed by atoms with Crippen molar-refractivity contribution in [1.29, 1.82) is 0 Å². The molecule has 0 spiro atoms. The predicted octanol–water partition coefficient (Wildman–Crippen LogP) is 4.87. The highest BCUT2D eigenvalue weighted by Gasteiger charge is 2.36. The number of ether oxygens (including phenoxy) is 1. The number of furan rings is 1. The van der Waals surface area contributed by atoms with Crippen LogP contribution < -0.4 is 9.64 Å². The fourth-order valence-electron chi connectivity index (χ4n) is 3.71. The third-order valence-electron chi connectivity index (χ3n) is 5.27. The van der Waals surface area contributed by atoms with Crippen LogP contribution in [0.5, 0.6) is 5.88 Å². The SMILES string of the molecule is CSc1nnc2c(n1)O[C@H](c1ccc(-c3ccc([N+](=O)[O-])cc3)o1)N(C(C)=O)c1ccccc1-2. The Morgan fingerprint density at radius 1 is 1.09 bits per heavy atom. The summed E-state index contributed by atoms with van der Waals surface area (Å²) in [6.45, 7) is 1.44. The van der Waals surface area contributed by atoms with Crippen molar-refractivity contribution in [2.24, 2.45) is 0 Å². The van der Waals surface area contributed by atoms with Crippen LogP contribution in [0.3, 0.4) is 0 Å². The first-order valence-corrected chi connectivity index (χ1v) is 11.4. The molecule has 2 aromatic heterocycles. The molecule has 170 valence electrons. The van der Waals surface area contributed by atoms with E-state index >= 15 is 0 Å². The van der Waals surface area contributed by atoms with E-state index < -0.39 is 11.2 Å². The molecule has 0 N–H and O–H groups in total. The van der Waals surface area contributed by atoms with Crippen LogP contribution in [-0.4, -0.2) is 32.3 Å². The van der Waals surface area contributed by atoms with Crippen LogP contribution in [0.4, 0.5) is 11.4 Å². The number of nitro groups is 1. The molecule has 3 heterocycles. The van der Waals surface area contributed by atoms with Gasteiger partial charge in [-0.1, -0.05) is 30.0 Å². The van der Waals surface area contributed by atoms with Gasteiger partial charge in [0, 0.05) is 30.2 Å². The van der Waals surface area contributed by atoms with E-state index in [0.29, 0.717) is 39.2 Å². The molecule has 0 unspecified atom stereocenters. The minimum atomic E-state index is -0.960. The summed E-state index contributed by atoms with van der Waals surface area (Å²) in [6, 6.07) is 16.7. The number of carbonyl (C=O) groups is 1. The number of benzene rings is 2. The van der Waals surface area contributed by atoms with Crippen LogP contribution in [-0.2, 0) is 4.79 Å². The van der Waals surface area contributed by atoms with E-state index in [1.807, 2.05) is 24.5 Å². The van der Waals surface area contributed by atoms with E-state index in [1.54, 1.807) is 30.3 Å². The first-order valence-electron chi connectivity index (χ1n) is 10.2. The second-order valence-corrected chi connectivity index (χ2v) is 8.11. The quantitative estimate of drug-likeness (QED) is 0.231. The topological polar surface area (TPSA) is 124 Å². The Labute approximate surface area is 197 Å². The number of fused-ring (bicyclic) bond motifs is 3. The first kappa shape index (κ1) is 21.6. The molecule has 5 rings (SSSR count). The van der Waals surface area contributed by atoms with Gasteiger partial charge in [-0.25, -0.2) is 0 Å². The fraction of sp³-hybridized carbons (Fsp3) is 0.130. The van der Waals surface area contributed by atoms with Gasteiger partial charge < -0.3 is 9.15 Å². The van der Waals surface area contributed by atoms with E-state index in [2.05, 4.69) is 15.2 Å². The highest BCUT2D eigenvalue weighted by molar-refractivity contribution is 7.98.